The lowest BCUT2D eigenvalue weighted by Gasteiger charge is -2.22. The molecule has 2 aromatic rings. The van der Waals surface area contributed by atoms with Gasteiger partial charge in [-0.05, 0) is 31.5 Å². The van der Waals surface area contributed by atoms with Crippen LogP contribution in [0.1, 0.15) is 23.3 Å². The molecule has 3 heterocycles. The lowest BCUT2D eigenvalue weighted by molar-refractivity contribution is 0.0769. The minimum atomic E-state index is -0.00837. The van der Waals surface area contributed by atoms with Crippen LogP contribution in [-0.2, 0) is 0 Å². The predicted molar refractivity (Wildman–Crippen MR) is 81.8 cm³/mol. The summed E-state index contributed by atoms with van der Waals surface area (Å²) in [7, 11) is 0. The summed E-state index contributed by atoms with van der Waals surface area (Å²) in [4.78, 5) is 16.1. The Bertz CT molecular complexity index is 675. The number of nitrogens with one attached hydrogen (secondary N) is 1. The third kappa shape index (κ3) is 2.29. The molecular formula is C16H19N5O. The summed E-state index contributed by atoms with van der Waals surface area (Å²) in [6, 6.07) is 9.64. The smallest absolute Gasteiger partial charge is 0.276 e. The molecule has 114 valence electrons. The first-order chi connectivity index (χ1) is 10.8. The van der Waals surface area contributed by atoms with Gasteiger partial charge in [-0.1, -0.05) is 18.2 Å². The van der Waals surface area contributed by atoms with Gasteiger partial charge in [0.15, 0.2) is 5.69 Å². The maximum absolute atomic E-state index is 12.6. The molecule has 1 unspecified atom stereocenters. The second-order valence-electron chi connectivity index (χ2n) is 6.26. The van der Waals surface area contributed by atoms with E-state index >= 15 is 0 Å². The van der Waals surface area contributed by atoms with E-state index in [4.69, 9.17) is 0 Å². The zero-order chi connectivity index (χ0) is 15.0. The molecule has 4 rings (SSSR count). The van der Waals surface area contributed by atoms with Crippen LogP contribution in [-0.4, -0.2) is 52.0 Å². The molecule has 2 saturated heterocycles. The number of carbonyl (C=O) groups is 1. The van der Waals surface area contributed by atoms with E-state index in [1.165, 1.54) is 4.80 Å². The number of nitrogens with zero attached hydrogens (tertiary/aromatic N) is 4. The lowest BCUT2D eigenvalue weighted by atomic mass is 9.87. The van der Waals surface area contributed by atoms with Crippen molar-refractivity contribution in [1.29, 1.82) is 0 Å². The summed E-state index contributed by atoms with van der Waals surface area (Å²) in [6.45, 7) is 3.73. The SMILES string of the molecule is O=C(c1cnn(-c2ccccc2)n1)N1CCC2(CCNC2)C1. The van der Waals surface area contributed by atoms with Gasteiger partial charge in [-0.3, -0.25) is 4.79 Å². The molecule has 6 nitrogen and oxygen atoms in total. The van der Waals surface area contributed by atoms with Crippen molar-refractivity contribution >= 4 is 5.91 Å². The van der Waals surface area contributed by atoms with Crippen molar-refractivity contribution in [1.82, 2.24) is 25.2 Å². The highest BCUT2D eigenvalue weighted by atomic mass is 16.2. The van der Waals surface area contributed by atoms with E-state index in [0.29, 0.717) is 5.69 Å². The Morgan fingerprint density at radius 2 is 2.09 bits per heavy atom. The van der Waals surface area contributed by atoms with Gasteiger partial charge < -0.3 is 10.2 Å². The summed E-state index contributed by atoms with van der Waals surface area (Å²) >= 11 is 0. The molecular weight excluding hydrogens is 278 g/mol. The fourth-order valence-electron chi connectivity index (χ4n) is 3.46. The molecule has 1 aromatic carbocycles. The number of rotatable bonds is 2. The minimum Gasteiger partial charge on any atom is -0.337 e. The van der Waals surface area contributed by atoms with E-state index in [0.717, 1.165) is 44.7 Å². The summed E-state index contributed by atoms with van der Waals surface area (Å²) in [6.07, 6.45) is 3.80. The molecule has 1 aromatic heterocycles. The Morgan fingerprint density at radius 3 is 2.86 bits per heavy atom. The van der Waals surface area contributed by atoms with Gasteiger partial charge in [-0.2, -0.15) is 9.90 Å². The number of carbonyl (C=O) groups excluding carboxylic acids is 1. The Morgan fingerprint density at radius 1 is 1.23 bits per heavy atom. The Hall–Kier alpha value is -2.21. The van der Waals surface area contributed by atoms with Crippen molar-refractivity contribution < 1.29 is 4.79 Å². The second-order valence-corrected chi connectivity index (χ2v) is 6.26. The predicted octanol–water partition coefficient (Wildman–Crippen LogP) is 1.09. The van der Waals surface area contributed by atoms with Crippen LogP contribution in [0.5, 0.6) is 0 Å². The molecule has 6 heteroatoms. The second kappa shape index (κ2) is 5.21. The van der Waals surface area contributed by atoms with Gasteiger partial charge in [0, 0.05) is 25.0 Å². The summed E-state index contributed by atoms with van der Waals surface area (Å²) in [5.74, 6) is -0.00837. The fraction of sp³-hybridized carbons (Fsp3) is 0.438. The van der Waals surface area contributed by atoms with Crippen LogP contribution in [0.4, 0.5) is 0 Å². The molecule has 22 heavy (non-hydrogen) atoms. The van der Waals surface area contributed by atoms with E-state index in [1.807, 2.05) is 35.2 Å². The van der Waals surface area contributed by atoms with Gasteiger partial charge in [-0.25, -0.2) is 0 Å². The Kier molecular flexibility index (Phi) is 3.18. The van der Waals surface area contributed by atoms with E-state index in [-0.39, 0.29) is 11.3 Å². The first-order valence-electron chi connectivity index (χ1n) is 7.74. The number of hydrogen-bond acceptors (Lipinski definition) is 4. The largest absolute Gasteiger partial charge is 0.337 e. The average molecular weight is 297 g/mol. The average Bonchev–Trinajstić information content (AvgIpc) is 3.30. The standard InChI is InChI=1S/C16H19N5O/c22-15(20-9-7-16(12-20)6-8-17-11-16)14-10-18-21(19-14)13-4-2-1-3-5-13/h1-5,10,17H,6-9,11-12H2. The molecule has 2 aliphatic rings. The van der Waals surface area contributed by atoms with Crippen molar-refractivity contribution in [2.24, 2.45) is 5.41 Å². The van der Waals surface area contributed by atoms with E-state index < -0.39 is 0 Å². The van der Waals surface area contributed by atoms with Crippen molar-refractivity contribution in [2.75, 3.05) is 26.2 Å². The summed E-state index contributed by atoms with van der Waals surface area (Å²) < 4.78 is 0. The van der Waals surface area contributed by atoms with Crippen LogP contribution >= 0.6 is 0 Å². The Balaban J connectivity index is 1.51. The number of likely N-dealkylation sites (tertiary alicyclic amines) is 1. The van der Waals surface area contributed by atoms with E-state index in [2.05, 4.69) is 15.5 Å². The van der Waals surface area contributed by atoms with Gasteiger partial charge in [0.05, 0.1) is 11.9 Å². The molecule has 1 N–H and O–H groups in total. The fourth-order valence-corrected chi connectivity index (χ4v) is 3.46. The van der Waals surface area contributed by atoms with Gasteiger partial charge >= 0.3 is 0 Å². The highest BCUT2D eigenvalue weighted by Crippen LogP contribution is 2.36. The maximum Gasteiger partial charge on any atom is 0.276 e. The van der Waals surface area contributed by atoms with Crippen molar-refractivity contribution in [3.63, 3.8) is 0 Å². The minimum absolute atomic E-state index is 0.00837. The number of benzene rings is 1. The van der Waals surface area contributed by atoms with Gasteiger partial charge in [0.2, 0.25) is 0 Å². The summed E-state index contributed by atoms with van der Waals surface area (Å²) in [5, 5.41) is 12.0. The highest BCUT2D eigenvalue weighted by molar-refractivity contribution is 5.92. The molecule has 0 aliphatic carbocycles. The van der Waals surface area contributed by atoms with Crippen LogP contribution in [0.2, 0.25) is 0 Å². The molecule has 2 aliphatic heterocycles. The van der Waals surface area contributed by atoms with Crippen LogP contribution in [0, 0.1) is 5.41 Å². The summed E-state index contributed by atoms with van der Waals surface area (Å²) in [5.41, 5.74) is 1.57. The first-order valence-corrected chi connectivity index (χ1v) is 7.74. The first kappa shape index (κ1) is 13.5. The van der Waals surface area contributed by atoms with Gasteiger partial charge in [0.1, 0.15) is 0 Å². The van der Waals surface area contributed by atoms with Gasteiger partial charge in [0.25, 0.3) is 5.91 Å². The van der Waals surface area contributed by atoms with Crippen LogP contribution in [0.15, 0.2) is 36.5 Å². The van der Waals surface area contributed by atoms with Crippen LogP contribution < -0.4 is 5.32 Å². The number of hydrogen-bond donors (Lipinski definition) is 1. The van der Waals surface area contributed by atoms with E-state index in [1.54, 1.807) is 6.20 Å². The lowest BCUT2D eigenvalue weighted by Crippen LogP contribution is -2.33. The molecule has 1 amide bonds. The molecule has 0 radical (unpaired) electrons. The zero-order valence-corrected chi connectivity index (χ0v) is 12.4. The topological polar surface area (TPSA) is 63.1 Å². The van der Waals surface area contributed by atoms with Crippen LogP contribution in [0.25, 0.3) is 5.69 Å². The molecule has 0 saturated carbocycles. The normalized spacial score (nSPS) is 24.3. The third-order valence-corrected chi connectivity index (χ3v) is 4.76. The number of aromatic nitrogens is 3. The monoisotopic (exact) mass is 297 g/mol. The molecule has 1 spiro atoms. The van der Waals surface area contributed by atoms with Gasteiger partial charge in [-0.15, -0.1) is 5.10 Å². The maximum atomic E-state index is 12.6. The zero-order valence-electron chi connectivity index (χ0n) is 12.4. The molecule has 0 bridgehead atoms. The van der Waals surface area contributed by atoms with Crippen molar-refractivity contribution in [2.45, 2.75) is 12.8 Å². The molecule has 2 fully saturated rings. The Labute approximate surface area is 129 Å². The molecule has 1 atom stereocenters. The van der Waals surface area contributed by atoms with Crippen molar-refractivity contribution in [3.8, 4) is 5.69 Å². The highest BCUT2D eigenvalue weighted by Gasteiger charge is 2.42. The van der Waals surface area contributed by atoms with E-state index in [9.17, 15) is 4.79 Å². The third-order valence-electron chi connectivity index (χ3n) is 4.76. The van der Waals surface area contributed by atoms with Crippen molar-refractivity contribution in [3.05, 3.63) is 42.2 Å². The number of para-hydroxylation sites is 1. The van der Waals surface area contributed by atoms with Crippen LogP contribution in [0.3, 0.4) is 0 Å². The number of amides is 1. The quantitative estimate of drug-likeness (QED) is 0.901.